The third-order valence-corrected chi connectivity index (χ3v) is 1.75. The minimum absolute atomic E-state index is 0.259. The zero-order valence-corrected chi connectivity index (χ0v) is 10.7. The summed E-state index contributed by atoms with van der Waals surface area (Å²) in [4.78, 5) is 4.02. The second-order valence-corrected chi connectivity index (χ2v) is 3.18. The zero-order valence-electron chi connectivity index (χ0n) is 10.7. The van der Waals surface area contributed by atoms with Crippen LogP contribution < -0.4 is 10.5 Å². The maximum absolute atomic E-state index is 12.5. The summed E-state index contributed by atoms with van der Waals surface area (Å²) >= 11 is 0. The van der Waals surface area contributed by atoms with E-state index < -0.39 is 0 Å². The minimum Gasteiger partial charge on any atom is -0.494 e. The predicted octanol–water partition coefficient (Wildman–Crippen LogP) is 3.00. The van der Waals surface area contributed by atoms with Crippen LogP contribution in [0.4, 0.5) is 4.39 Å². The second-order valence-electron chi connectivity index (χ2n) is 3.18. The van der Waals surface area contributed by atoms with Crippen molar-refractivity contribution in [2.45, 2.75) is 27.2 Å². The van der Waals surface area contributed by atoms with Crippen LogP contribution in [0.5, 0.6) is 5.75 Å². The van der Waals surface area contributed by atoms with Gasteiger partial charge < -0.3 is 10.5 Å². The molecule has 0 radical (unpaired) electrons. The van der Waals surface area contributed by atoms with Gasteiger partial charge in [0.2, 0.25) is 0 Å². The molecule has 0 saturated heterocycles. The molecule has 0 aromatic heterocycles. The van der Waals surface area contributed by atoms with Crippen LogP contribution in [0, 0.1) is 5.82 Å². The predicted molar refractivity (Wildman–Crippen MR) is 70.0 cm³/mol. The standard InChI is InChI=1S/C11H15FN2O.C2H6/c1-9(13)14-7-2-8-15-11-5-3-10(12)4-6-11;1-2/h3-6H,2,7-8H2,1H3,(H2,13,14);1-2H3. The Labute approximate surface area is 103 Å². The fourth-order valence-corrected chi connectivity index (χ4v) is 1.04. The van der Waals surface area contributed by atoms with Gasteiger partial charge in [-0.3, -0.25) is 4.99 Å². The topological polar surface area (TPSA) is 47.6 Å². The Kier molecular flexibility index (Phi) is 8.74. The summed E-state index contributed by atoms with van der Waals surface area (Å²) in [5.74, 6) is 0.993. The lowest BCUT2D eigenvalue weighted by molar-refractivity contribution is 0.313. The van der Waals surface area contributed by atoms with E-state index in [0.717, 1.165) is 6.42 Å². The number of amidine groups is 1. The summed E-state index contributed by atoms with van der Waals surface area (Å²) in [5, 5.41) is 0. The van der Waals surface area contributed by atoms with Gasteiger partial charge in [-0.25, -0.2) is 4.39 Å². The van der Waals surface area contributed by atoms with Crippen molar-refractivity contribution in [3.05, 3.63) is 30.1 Å². The number of ether oxygens (including phenoxy) is 1. The SMILES string of the molecule is CC.CC(N)=NCCCOc1ccc(F)cc1. The number of hydrogen-bond acceptors (Lipinski definition) is 2. The molecule has 0 aliphatic carbocycles. The van der Waals surface area contributed by atoms with E-state index in [-0.39, 0.29) is 5.82 Å². The zero-order chi connectivity index (χ0) is 13.1. The third-order valence-electron chi connectivity index (χ3n) is 1.75. The lowest BCUT2D eigenvalue weighted by atomic mass is 10.3. The molecule has 0 bridgehead atoms. The van der Waals surface area contributed by atoms with E-state index in [9.17, 15) is 4.39 Å². The first-order valence-corrected chi connectivity index (χ1v) is 5.83. The number of halogens is 1. The van der Waals surface area contributed by atoms with E-state index in [1.165, 1.54) is 12.1 Å². The van der Waals surface area contributed by atoms with Gasteiger partial charge in [0.25, 0.3) is 0 Å². The molecule has 0 heterocycles. The Hall–Kier alpha value is -1.58. The summed E-state index contributed by atoms with van der Waals surface area (Å²) < 4.78 is 17.9. The molecule has 2 N–H and O–H groups in total. The van der Waals surface area contributed by atoms with Gasteiger partial charge in [-0.05, 0) is 31.2 Å². The van der Waals surface area contributed by atoms with E-state index in [0.29, 0.717) is 24.7 Å². The molecule has 96 valence electrons. The van der Waals surface area contributed by atoms with Gasteiger partial charge in [-0.2, -0.15) is 0 Å². The normalized spacial score (nSPS) is 10.5. The highest BCUT2D eigenvalue weighted by Crippen LogP contribution is 2.10. The van der Waals surface area contributed by atoms with Crippen LogP contribution in [0.25, 0.3) is 0 Å². The molecule has 0 spiro atoms. The number of nitrogens with zero attached hydrogens (tertiary/aromatic N) is 1. The summed E-state index contributed by atoms with van der Waals surface area (Å²) in [5.41, 5.74) is 5.37. The Morgan fingerprint density at radius 3 is 2.41 bits per heavy atom. The van der Waals surface area contributed by atoms with Crippen molar-refractivity contribution >= 4 is 5.84 Å². The van der Waals surface area contributed by atoms with Gasteiger partial charge in [0.15, 0.2) is 0 Å². The van der Waals surface area contributed by atoms with Gasteiger partial charge >= 0.3 is 0 Å². The molecule has 17 heavy (non-hydrogen) atoms. The molecule has 1 aromatic rings. The maximum Gasteiger partial charge on any atom is 0.123 e. The van der Waals surface area contributed by atoms with Crippen molar-refractivity contribution in [2.75, 3.05) is 13.2 Å². The van der Waals surface area contributed by atoms with Gasteiger partial charge in [-0.15, -0.1) is 0 Å². The largest absolute Gasteiger partial charge is 0.494 e. The van der Waals surface area contributed by atoms with Crippen molar-refractivity contribution < 1.29 is 9.13 Å². The minimum atomic E-state index is -0.259. The van der Waals surface area contributed by atoms with Gasteiger partial charge in [0.1, 0.15) is 11.6 Å². The molecule has 1 rings (SSSR count). The number of aliphatic imine (C=N–C) groups is 1. The highest BCUT2D eigenvalue weighted by Gasteiger charge is 1.93. The van der Waals surface area contributed by atoms with E-state index >= 15 is 0 Å². The first-order chi connectivity index (χ1) is 8.18. The highest BCUT2D eigenvalue weighted by molar-refractivity contribution is 5.77. The first-order valence-electron chi connectivity index (χ1n) is 5.83. The summed E-state index contributed by atoms with van der Waals surface area (Å²) in [6.45, 7) is 6.97. The van der Waals surface area contributed by atoms with Crippen LogP contribution in [0.2, 0.25) is 0 Å². The fraction of sp³-hybridized carbons (Fsp3) is 0.462. The Morgan fingerprint density at radius 2 is 1.88 bits per heavy atom. The molecule has 0 saturated carbocycles. The van der Waals surface area contributed by atoms with Crippen molar-refractivity contribution in [2.24, 2.45) is 10.7 Å². The molecule has 0 unspecified atom stereocenters. The average molecular weight is 240 g/mol. The van der Waals surface area contributed by atoms with E-state index in [1.807, 2.05) is 13.8 Å². The first kappa shape index (κ1) is 15.4. The molecule has 0 fully saturated rings. The molecule has 3 nitrogen and oxygen atoms in total. The van der Waals surface area contributed by atoms with Crippen molar-refractivity contribution in [1.29, 1.82) is 0 Å². The Balaban J connectivity index is 0.00000121. The number of hydrogen-bond donors (Lipinski definition) is 1. The second kappa shape index (κ2) is 9.63. The Bertz CT molecular complexity index is 319. The lowest BCUT2D eigenvalue weighted by Gasteiger charge is -2.04. The fourth-order valence-electron chi connectivity index (χ4n) is 1.04. The van der Waals surface area contributed by atoms with Gasteiger partial charge in [-0.1, -0.05) is 13.8 Å². The van der Waals surface area contributed by atoms with E-state index in [4.69, 9.17) is 10.5 Å². The third kappa shape index (κ3) is 8.25. The van der Waals surface area contributed by atoms with Crippen molar-refractivity contribution in [1.82, 2.24) is 0 Å². The number of nitrogens with two attached hydrogens (primary N) is 1. The molecular formula is C13H21FN2O. The van der Waals surface area contributed by atoms with Crippen LogP contribution in [-0.2, 0) is 0 Å². The monoisotopic (exact) mass is 240 g/mol. The van der Waals surface area contributed by atoms with Crippen molar-refractivity contribution in [3.63, 3.8) is 0 Å². The molecule has 0 amide bonds. The van der Waals surface area contributed by atoms with Crippen LogP contribution in [0.1, 0.15) is 27.2 Å². The summed E-state index contributed by atoms with van der Waals surface area (Å²) in [6, 6.07) is 5.95. The molecule has 0 atom stereocenters. The highest BCUT2D eigenvalue weighted by atomic mass is 19.1. The quantitative estimate of drug-likeness (QED) is 0.488. The summed E-state index contributed by atoms with van der Waals surface area (Å²) in [6.07, 6.45) is 0.798. The van der Waals surface area contributed by atoms with Crippen LogP contribution in [-0.4, -0.2) is 19.0 Å². The smallest absolute Gasteiger partial charge is 0.123 e. The molecule has 4 heteroatoms. The molecule has 1 aromatic carbocycles. The molecule has 0 aliphatic rings. The number of benzene rings is 1. The Morgan fingerprint density at radius 1 is 1.29 bits per heavy atom. The van der Waals surface area contributed by atoms with E-state index in [2.05, 4.69) is 4.99 Å². The van der Waals surface area contributed by atoms with Gasteiger partial charge in [0, 0.05) is 13.0 Å². The average Bonchev–Trinajstić information content (AvgIpc) is 2.33. The molecule has 0 aliphatic heterocycles. The van der Waals surface area contributed by atoms with Gasteiger partial charge in [0.05, 0.1) is 12.4 Å². The number of rotatable bonds is 5. The maximum atomic E-state index is 12.5. The van der Waals surface area contributed by atoms with Crippen molar-refractivity contribution in [3.8, 4) is 5.75 Å². The lowest BCUT2D eigenvalue weighted by Crippen LogP contribution is -2.07. The van der Waals surface area contributed by atoms with Crippen LogP contribution in [0.3, 0.4) is 0 Å². The summed E-state index contributed by atoms with van der Waals surface area (Å²) in [7, 11) is 0. The molecular weight excluding hydrogens is 219 g/mol. The van der Waals surface area contributed by atoms with Crippen LogP contribution >= 0.6 is 0 Å². The van der Waals surface area contributed by atoms with Crippen LogP contribution in [0.15, 0.2) is 29.3 Å². The van der Waals surface area contributed by atoms with E-state index in [1.54, 1.807) is 19.1 Å².